The van der Waals surface area contributed by atoms with Crippen molar-refractivity contribution in [1.82, 2.24) is 24.4 Å². The van der Waals surface area contributed by atoms with Crippen LogP contribution in [0, 0.1) is 0 Å². The summed E-state index contributed by atoms with van der Waals surface area (Å²) in [5.41, 5.74) is 0.689. The Bertz CT molecular complexity index is 639. The van der Waals surface area contributed by atoms with Crippen LogP contribution in [-0.4, -0.2) is 44.9 Å². The molecule has 7 nitrogen and oxygen atoms in total. The van der Waals surface area contributed by atoms with E-state index < -0.39 is 0 Å². The zero-order valence-electron chi connectivity index (χ0n) is 11.4. The van der Waals surface area contributed by atoms with Crippen LogP contribution in [0.4, 0.5) is 5.95 Å². The number of nitrogens with one attached hydrogen (secondary N) is 1. The monoisotopic (exact) mass is 262 g/mol. The van der Waals surface area contributed by atoms with Gasteiger partial charge in [-0.3, -0.25) is 9.78 Å². The fourth-order valence-corrected chi connectivity index (χ4v) is 1.67. The molecule has 0 aliphatic heterocycles. The molecule has 0 radical (unpaired) electrons. The Morgan fingerprint density at radius 1 is 1.53 bits per heavy atom. The van der Waals surface area contributed by atoms with E-state index in [4.69, 9.17) is 0 Å². The normalized spacial score (nSPS) is 11.5. The molecule has 0 spiro atoms. The van der Waals surface area contributed by atoms with E-state index in [0.29, 0.717) is 17.1 Å². The molecule has 1 N–H and O–H groups in total. The summed E-state index contributed by atoms with van der Waals surface area (Å²) >= 11 is 0. The van der Waals surface area contributed by atoms with E-state index in [1.807, 2.05) is 18.7 Å². The van der Waals surface area contributed by atoms with Crippen molar-refractivity contribution in [2.24, 2.45) is 4.99 Å². The van der Waals surface area contributed by atoms with E-state index in [0.717, 1.165) is 19.4 Å². The molecule has 102 valence electrons. The number of H-pyrrole nitrogens is 1. The maximum atomic E-state index is 11.9. The predicted molar refractivity (Wildman–Crippen MR) is 74.9 cm³/mol. The lowest BCUT2D eigenvalue weighted by atomic mass is 10.3. The second-order valence-electron chi connectivity index (χ2n) is 4.56. The summed E-state index contributed by atoms with van der Waals surface area (Å²) in [7, 11) is 3.71. The molecule has 0 saturated carbocycles. The molecule has 0 fully saturated rings. The van der Waals surface area contributed by atoms with E-state index in [9.17, 15) is 4.79 Å². The van der Waals surface area contributed by atoms with Gasteiger partial charge in [0, 0.05) is 20.6 Å². The maximum Gasteiger partial charge on any atom is 0.280 e. The highest BCUT2D eigenvalue weighted by Crippen LogP contribution is 2.10. The van der Waals surface area contributed by atoms with Gasteiger partial charge in [0.05, 0.1) is 12.7 Å². The van der Waals surface area contributed by atoms with Crippen molar-refractivity contribution in [2.75, 3.05) is 14.1 Å². The van der Waals surface area contributed by atoms with E-state index in [-0.39, 0.29) is 5.56 Å². The van der Waals surface area contributed by atoms with Crippen LogP contribution in [0.15, 0.2) is 16.1 Å². The lowest BCUT2D eigenvalue weighted by Gasteiger charge is -2.03. The number of aromatic amines is 1. The Morgan fingerprint density at radius 3 is 3.00 bits per heavy atom. The lowest BCUT2D eigenvalue weighted by Crippen LogP contribution is -2.11. The number of rotatable bonds is 5. The van der Waals surface area contributed by atoms with Crippen molar-refractivity contribution in [1.29, 1.82) is 0 Å². The van der Waals surface area contributed by atoms with Crippen LogP contribution in [0.25, 0.3) is 11.2 Å². The van der Waals surface area contributed by atoms with Gasteiger partial charge in [0.1, 0.15) is 0 Å². The van der Waals surface area contributed by atoms with Crippen LogP contribution in [0.1, 0.15) is 19.8 Å². The van der Waals surface area contributed by atoms with Crippen LogP contribution in [-0.2, 0) is 6.54 Å². The highest BCUT2D eigenvalue weighted by molar-refractivity contribution is 5.71. The van der Waals surface area contributed by atoms with Gasteiger partial charge >= 0.3 is 0 Å². The van der Waals surface area contributed by atoms with Gasteiger partial charge in [-0.1, -0.05) is 13.3 Å². The zero-order chi connectivity index (χ0) is 13.8. The van der Waals surface area contributed by atoms with Gasteiger partial charge < -0.3 is 9.47 Å². The van der Waals surface area contributed by atoms with Crippen molar-refractivity contribution in [3.8, 4) is 0 Å². The molecule has 7 heteroatoms. The number of hydrogen-bond acceptors (Lipinski definition) is 4. The first-order valence-corrected chi connectivity index (χ1v) is 6.27. The standard InChI is InChI=1S/C12H18N6O/c1-4-5-6-18-8-13-9-10(18)15-12(16-11(9)19)14-7-17(2)3/h7-8H,4-6H2,1-3H3,(H,15,16,19)/b14-7+. The maximum absolute atomic E-state index is 11.9. The van der Waals surface area contributed by atoms with Crippen LogP contribution in [0.2, 0.25) is 0 Å². The predicted octanol–water partition coefficient (Wildman–Crippen LogP) is 1.14. The van der Waals surface area contributed by atoms with E-state index in [1.165, 1.54) is 0 Å². The molecule has 0 aliphatic carbocycles. The van der Waals surface area contributed by atoms with Crippen molar-refractivity contribution >= 4 is 23.5 Å². The number of aryl methyl sites for hydroxylation is 1. The van der Waals surface area contributed by atoms with Gasteiger partial charge in [0.2, 0.25) is 5.95 Å². The molecule has 2 heterocycles. The van der Waals surface area contributed by atoms with Gasteiger partial charge in [-0.2, -0.15) is 4.98 Å². The highest BCUT2D eigenvalue weighted by Gasteiger charge is 2.09. The van der Waals surface area contributed by atoms with Gasteiger partial charge in [-0.05, 0) is 6.42 Å². The summed E-state index contributed by atoms with van der Waals surface area (Å²) in [6.07, 6.45) is 5.35. The van der Waals surface area contributed by atoms with Gasteiger partial charge in [-0.25, -0.2) is 9.98 Å². The number of aliphatic imine (C=N–C) groups is 1. The van der Waals surface area contributed by atoms with Crippen molar-refractivity contribution in [2.45, 2.75) is 26.3 Å². The average molecular weight is 262 g/mol. The average Bonchev–Trinajstić information content (AvgIpc) is 2.77. The molecule has 0 aromatic carbocycles. The zero-order valence-corrected chi connectivity index (χ0v) is 11.4. The number of hydrogen-bond donors (Lipinski definition) is 1. The molecule has 0 atom stereocenters. The minimum atomic E-state index is -0.258. The van der Waals surface area contributed by atoms with E-state index in [1.54, 1.807) is 17.6 Å². The number of unbranched alkanes of at least 4 members (excludes halogenated alkanes) is 1. The summed E-state index contributed by atoms with van der Waals surface area (Å²) in [6, 6.07) is 0. The summed E-state index contributed by atoms with van der Waals surface area (Å²) < 4.78 is 1.89. The molecule has 0 amide bonds. The van der Waals surface area contributed by atoms with Crippen LogP contribution < -0.4 is 5.56 Å². The molecule has 2 rings (SSSR count). The third kappa shape index (κ3) is 2.98. The fourth-order valence-electron chi connectivity index (χ4n) is 1.67. The summed E-state index contributed by atoms with van der Waals surface area (Å²) in [5, 5.41) is 0. The first-order valence-electron chi connectivity index (χ1n) is 6.27. The molecule has 0 saturated heterocycles. The van der Waals surface area contributed by atoms with Gasteiger partial charge in [0.25, 0.3) is 5.56 Å². The summed E-state index contributed by atoms with van der Waals surface area (Å²) in [6.45, 7) is 2.92. The number of fused-ring (bicyclic) bond motifs is 1. The Labute approximate surface area is 111 Å². The molecule has 0 bridgehead atoms. The van der Waals surface area contributed by atoms with Gasteiger partial charge in [-0.15, -0.1) is 0 Å². The number of nitrogens with zero attached hydrogens (tertiary/aromatic N) is 5. The summed E-state index contributed by atoms with van der Waals surface area (Å²) in [5.74, 6) is 0.296. The van der Waals surface area contributed by atoms with E-state index >= 15 is 0 Å². The quantitative estimate of drug-likeness (QED) is 0.647. The lowest BCUT2D eigenvalue weighted by molar-refractivity contribution is 0.639. The molecule has 19 heavy (non-hydrogen) atoms. The van der Waals surface area contributed by atoms with Crippen LogP contribution in [0.5, 0.6) is 0 Å². The topological polar surface area (TPSA) is 79.2 Å². The number of aromatic nitrogens is 4. The molecule has 0 aliphatic rings. The number of imidazole rings is 1. The minimum Gasteiger partial charge on any atom is -0.369 e. The Balaban J connectivity index is 2.44. The van der Waals surface area contributed by atoms with Crippen molar-refractivity contribution < 1.29 is 0 Å². The Morgan fingerprint density at radius 2 is 2.32 bits per heavy atom. The second-order valence-corrected chi connectivity index (χ2v) is 4.56. The first-order chi connectivity index (χ1) is 9.11. The van der Waals surface area contributed by atoms with E-state index in [2.05, 4.69) is 26.9 Å². The van der Waals surface area contributed by atoms with Crippen LogP contribution >= 0.6 is 0 Å². The Kier molecular flexibility index (Phi) is 3.94. The Hall–Kier alpha value is -2.18. The van der Waals surface area contributed by atoms with Gasteiger partial charge in [0.15, 0.2) is 11.2 Å². The molecule has 0 unspecified atom stereocenters. The SMILES string of the molecule is CCCCn1cnc2c(=O)[nH]c(/N=C/N(C)C)nc21. The first kappa shape index (κ1) is 13.3. The summed E-state index contributed by atoms with van der Waals surface area (Å²) in [4.78, 5) is 28.8. The molecular weight excluding hydrogens is 244 g/mol. The highest BCUT2D eigenvalue weighted by atomic mass is 16.1. The smallest absolute Gasteiger partial charge is 0.280 e. The van der Waals surface area contributed by atoms with Crippen molar-refractivity contribution in [3.63, 3.8) is 0 Å². The largest absolute Gasteiger partial charge is 0.369 e. The minimum absolute atomic E-state index is 0.258. The fraction of sp³-hybridized carbons (Fsp3) is 0.500. The molecule has 2 aromatic heterocycles. The molecule has 2 aromatic rings. The molecular formula is C12H18N6O. The third-order valence-electron chi connectivity index (χ3n) is 2.63. The third-order valence-corrected chi connectivity index (χ3v) is 2.63. The second kappa shape index (κ2) is 5.64. The van der Waals surface area contributed by atoms with Crippen LogP contribution in [0.3, 0.4) is 0 Å². The van der Waals surface area contributed by atoms with Crippen molar-refractivity contribution in [3.05, 3.63) is 16.7 Å².